The lowest BCUT2D eigenvalue weighted by molar-refractivity contribution is -0.150. The molecule has 0 bridgehead atoms. The molecule has 3 rings (SSSR count). The van der Waals surface area contributed by atoms with E-state index in [1.54, 1.807) is 19.1 Å². The van der Waals surface area contributed by atoms with Crippen LogP contribution in [0.3, 0.4) is 0 Å². The van der Waals surface area contributed by atoms with Gasteiger partial charge in [-0.05, 0) is 50.9 Å². The summed E-state index contributed by atoms with van der Waals surface area (Å²) in [5.41, 5.74) is 1.42. The zero-order valence-corrected chi connectivity index (χ0v) is 16.1. The zero-order valence-electron chi connectivity index (χ0n) is 16.1. The first-order chi connectivity index (χ1) is 13.0. The van der Waals surface area contributed by atoms with Crippen molar-refractivity contribution in [3.8, 4) is 5.75 Å². The van der Waals surface area contributed by atoms with Crippen LogP contribution in [0.15, 0.2) is 18.2 Å². The van der Waals surface area contributed by atoms with Crippen LogP contribution in [0.4, 0.5) is 5.69 Å². The number of nitrogens with zero attached hydrogens (tertiary/aromatic N) is 2. The van der Waals surface area contributed by atoms with E-state index in [4.69, 9.17) is 9.47 Å². The fraction of sp³-hybridized carbons (Fsp3) is 0.550. The van der Waals surface area contributed by atoms with Crippen LogP contribution in [0.1, 0.15) is 31.7 Å². The number of amides is 2. The number of methoxy groups -OCH3 is 1. The Labute approximate surface area is 159 Å². The molecule has 146 valence electrons. The minimum Gasteiger partial charge on any atom is -0.495 e. The van der Waals surface area contributed by atoms with Crippen molar-refractivity contribution in [3.05, 3.63) is 23.8 Å². The maximum Gasteiger partial charge on any atom is 0.310 e. The summed E-state index contributed by atoms with van der Waals surface area (Å²) in [7, 11) is 1.52. The standard InChI is InChI=1S/C20H26N2O5/c1-4-27-20(25)14-6-5-9-21(12-14)16-11-18(23)22(19(16)24)15-10-13(2)7-8-17(15)26-3/h7-8,10,14,16H,4-6,9,11-12H2,1-3H3/t14-,16+/m0/s1. The van der Waals surface area contributed by atoms with Gasteiger partial charge in [0.25, 0.3) is 5.91 Å². The molecule has 2 heterocycles. The average molecular weight is 374 g/mol. The lowest BCUT2D eigenvalue weighted by Gasteiger charge is -2.34. The van der Waals surface area contributed by atoms with E-state index in [9.17, 15) is 14.4 Å². The van der Waals surface area contributed by atoms with E-state index in [2.05, 4.69) is 0 Å². The van der Waals surface area contributed by atoms with Crippen LogP contribution in [0.25, 0.3) is 0 Å². The molecule has 0 N–H and O–H groups in total. The molecule has 2 fully saturated rings. The van der Waals surface area contributed by atoms with Crippen molar-refractivity contribution < 1.29 is 23.9 Å². The second-order valence-corrected chi connectivity index (χ2v) is 7.05. The molecule has 0 aliphatic carbocycles. The average Bonchev–Trinajstić information content (AvgIpc) is 2.96. The van der Waals surface area contributed by atoms with Crippen LogP contribution in [0.5, 0.6) is 5.75 Å². The minimum atomic E-state index is -0.542. The highest BCUT2D eigenvalue weighted by Crippen LogP contribution is 2.35. The topological polar surface area (TPSA) is 76.2 Å². The molecule has 2 aliphatic heterocycles. The van der Waals surface area contributed by atoms with Crippen molar-refractivity contribution in [1.82, 2.24) is 4.90 Å². The Balaban J connectivity index is 1.80. The monoisotopic (exact) mass is 374 g/mol. The van der Waals surface area contributed by atoms with Gasteiger partial charge in [-0.3, -0.25) is 19.3 Å². The largest absolute Gasteiger partial charge is 0.495 e. The van der Waals surface area contributed by atoms with Crippen LogP contribution in [-0.2, 0) is 19.1 Å². The summed E-state index contributed by atoms with van der Waals surface area (Å²) in [4.78, 5) is 41.0. The Kier molecular flexibility index (Phi) is 5.79. The van der Waals surface area contributed by atoms with Crippen LogP contribution < -0.4 is 9.64 Å². The molecule has 0 aromatic heterocycles. The first-order valence-corrected chi connectivity index (χ1v) is 9.38. The molecule has 2 atom stereocenters. The summed E-state index contributed by atoms with van der Waals surface area (Å²) >= 11 is 0. The molecular weight excluding hydrogens is 348 g/mol. The molecule has 1 aromatic rings. The molecule has 2 amide bonds. The molecule has 27 heavy (non-hydrogen) atoms. The van der Waals surface area contributed by atoms with Gasteiger partial charge in [-0.15, -0.1) is 0 Å². The quantitative estimate of drug-likeness (QED) is 0.579. The van der Waals surface area contributed by atoms with Crippen LogP contribution in [-0.4, -0.2) is 55.5 Å². The number of anilines is 1. The molecule has 0 radical (unpaired) electrons. The first kappa shape index (κ1) is 19.4. The highest BCUT2D eigenvalue weighted by Gasteiger charge is 2.45. The van der Waals surface area contributed by atoms with E-state index in [0.29, 0.717) is 31.1 Å². The lowest BCUT2D eigenvalue weighted by Crippen LogP contribution is -2.48. The molecule has 7 heteroatoms. The van der Waals surface area contributed by atoms with E-state index < -0.39 is 6.04 Å². The third-order valence-corrected chi connectivity index (χ3v) is 5.21. The molecule has 0 unspecified atom stereocenters. The Hall–Kier alpha value is -2.41. The molecule has 2 aliphatic rings. The second kappa shape index (κ2) is 8.08. The van der Waals surface area contributed by atoms with Gasteiger partial charge in [0, 0.05) is 6.54 Å². The number of esters is 1. The Morgan fingerprint density at radius 2 is 2.07 bits per heavy atom. The van der Waals surface area contributed by atoms with E-state index in [1.807, 2.05) is 17.9 Å². The highest BCUT2D eigenvalue weighted by molar-refractivity contribution is 6.23. The van der Waals surface area contributed by atoms with Gasteiger partial charge < -0.3 is 9.47 Å². The van der Waals surface area contributed by atoms with Crippen molar-refractivity contribution in [3.63, 3.8) is 0 Å². The number of piperidine rings is 1. The first-order valence-electron chi connectivity index (χ1n) is 9.38. The molecular formula is C20H26N2O5. The van der Waals surface area contributed by atoms with Gasteiger partial charge in [0.15, 0.2) is 0 Å². The van der Waals surface area contributed by atoms with Crippen LogP contribution in [0, 0.1) is 12.8 Å². The van der Waals surface area contributed by atoms with Crippen molar-refractivity contribution in [2.75, 3.05) is 31.7 Å². The Bertz CT molecular complexity index is 748. The second-order valence-electron chi connectivity index (χ2n) is 7.05. The number of carbonyl (C=O) groups excluding carboxylic acids is 3. The summed E-state index contributed by atoms with van der Waals surface area (Å²) in [5, 5.41) is 0. The summed E-state index contributed by atoms with van der Waals surface area (Å²) in [6.45, 7) is 5.17. The number of benzene rings is 1. The van der Waals surface area contributed by atoms with Gasteiger partial charge in [-0.2, -0.15) is 0 Å². The fourth-order valence-electron chi connectivity index (χ4n) is 3.87. The predicted molar refractivity (Wildman–Crippen MR) is 99.6 cm³/mol. The van der Waals surface area contributed by atoms with Crippen molar-refractivity contribution in [1.29, 1.82) is 0 Å². The number of ether oxygens (including phenoxy) is 2. The lowest BCUT2D eigenvalue weighted by atomic mass is 9.96. The smallest absolute Gasteiger partial charge is 0.310 e. The Morgan fingerprint density at radius 3 is 2.78 bits per heavy atom. The number of likely N-dealkylation sites (tertiary alicyclic amines) is 1. The number of aryl methyl sites for hydroxylation is 1. The van der Waals surface area contributed by atoms with E-state index in [1.165, 1.54) is 12.0 Å². The summed E-state index contributed by atoms with van der Waals surface area (Å²) in [5.74, 6) is -0.480. The van der Waals surface area contributed by atoms with Gasteiger partial charge in [-0.1, -0.05) is 6.07 Å². The van der Waals surface area contributed by atoms with Crippen LogP contribution >= 0.6 is 0 Å². The Morgan fingerprint density at radius 1 is 1.30 bits per heavy atom. The maximum absolute atomic E-state index is 13.1. The van der Waals surface area contributed by atoms with Gasteiger partial charge in [-0.25, -0.2) is 4.90 Å². The number of carbonyl (C=O) groups is 3. The number of hydrogen-bond acceptors (Lipinski definition) is 6. The summed E-state index contributed by atoms with van der Waals surface area (Å²) in [6, 6.07) is 4.88. The van der Waals surface area contributed by atoms with E-state index in [0.717, 1.165) is 18.4 Å². The molecule has 2 saturated heterocycles. The SMILES string of the molecule is CCOC(=O)[C@H]1CCCN([C@@H]2CC(=O)N(c3cc(C)ccc3OC)C2=O)C1. The van der Waals surface area contributed by atoms with Crippen molar-refractivity contribution in [2.24, 2.45) is 5.92 Å². The normalized spacial score (nSPS) is 23.6. The zero-order chi connectivity index (χ0) is 19.6. The van der Waals surface area contributed by atoms with Crippen molar-refractivity contribution in [2.45, 2.75) is 39.2 Å². The van der Waals surface area contributed by atoms with Gasteiger partial charge in [0.05, 0.1) is 37.8 Å². The predicted octanol–water partition coefficient (Wildman–Crippen LogP) is 1.91. The molecule has 0 spiro atoms. The highest BCUT2D eigenvalue weighted by atomic mass is 16.5. The molecule has 0 saturated carbocycles. The number of imide groups is 1. The number of rotatable bonds is 5. The maximum atomic E-state index is 13.1. The van der Waals surface area contributed by atoms with E-state index >= 15 is 0 Å². The molecule has 7 nitrogen and oxygen atoms in total. The molecule has 1 aromatic carbocycles. The fourth-order valence-corrected chi connectivity index (χ4v) is 3.87. The van der Waals surface area contributed by atoms with Gasteiger partial charge in [0.1, 0.15) is 5.75 Å². The third-order valence-electron chi connectivity index (χ3n) is 5.21. The van der Waals surface area contributed by atoms with Gasteiger partial charge >= 0.3 is 5.97 Å². The third kappa shape index (κ3) is 3.83. The summed E-state index contributed by atoms with van der Waals surface area (Å²) < 4.78 is 10.5. The van der Waals surface area contributed by atoms with Crippen LogP contribution in [0.2, 0.25) is 0 Å². The van der Waals surface area contributed by atoms with E-state index in [-0.39, 0.29) is 30.1 Å². The van der Waals surface area contributed by atoms with Gasteiger partial charge in [0.2, 0.25) is 5.91 Å². The van der Waals surface area contributed by atoms with Crippen molar-refractivity contribution >= 4 is 23.5 Å². The summed E-state index contributed by atoms with van der Waals surface area (Å²) in [6.07, 6.45) is 1.67. The minimum absolute atomic E-state index is 0.117. The number of hydrogen-bond donors (Lipinski definition) is 0.